The van der Waals surface area contributed by atoms with E-state index >= 15 is 0 Å². The molecule has 0 saturated carbocycles. The van der Waals surface area contributed by atoms with Gasteiger partial charge in [-0.15, -0.1) is 10.2 Å². The third-order valence-corrected chi connectivity index (χ3v) is 6.11. The summed E-state index contributed by atoms with van der Waals surface area (Å²) < 4.78 is 13.6. The Morgan fingerprint density at radius 3 is 2.66 bits per heavy atom. The van der Waals surface area contributed by atoms with Crippen LogP contribution < -0.4 is 9.64 Å². The summed E-state index contributed by atoms with van der Waals surface area (Å²) in [6.45, 7) is 4.50. The predicted octanol–water partition coefficient (Wildman–Crippen LogP) is 3.05. The van der Waals surface area contributed by atoms with E-state index in [-0.39, 0.29) is 5.60 Å². The van der Waals surface area contributed by atoms with Crippen LogP contribution in [0.5, 0.6) is 5.88 Å². The van der Waals surface area contributed by atoms with Crippen LogP contribution in [-0.4, -0.2) is 46.6 Å². The van der Waals surface area contributed by atoms with Crippen LogP contribution in [0.4, 0.5) is 5.95 Å². The Morgan fingerprint density at radius 1 is 1.07 bits per heavy atom. The van der Waals surface area contributed by atoms with E-state index in [2.05, 4.69) is 48.9 Å². The van der Waals surface area contributed by atoms with Gasteiger partial charge in [0.1, 0.15) is 5.82 Å². The summed E-state index contributed by atoms with van der Waals surface area (Å²) in [7, 11) is 1.62. The van der Waals surface area contributed by atoms with Gasteiger partial charge < -0.3 is 14.4 Å². The SMILES string of the molecule is COc1ccc(-n2c(C)nnc2N2CCC3(CC2)OCCc2ccccc23)cn1. The van der Waals surface area contributed by atoms with Crippen LogP contribution in [-0.2, 0) is 16.8 Å². The molecular weight excluding hydrogens is 366 g/mol. The van der Waals surface area contributed by atoms with E-state index in [0.717, 1.165) is 56.4 Å². The molecule has 3 aromatic rings. The maximum atomic E-state index is 6.37. The van der Waals surface area contributed by atoms with Crippen LogP contribution in [0.3, 0.4) is 0 Å². The minimum absolute atomic E-state index is 0.174. The highest BCUT2D eigenvalue weighted by atomic mass is 16.5. The number of fused-ring (bicyclic) bond motifs is 2. The molecule has 1 fully saturated rings. The number of hydrogen-bond donors (Lipinski definition) is 0. The largest absolute Gasteiger partial charge is 0.481 e. The van der Waals surface area contributed by atoms with Gasteiger partial charge in [-0.1, -0.05) is 24.3 Å². The summed E-state index contributed by atoms with van der Waals surface area (Å²) in [6, 6.07) is 12.6. The molecule has 29 heavy (non-hydrogen) atoms. The van der Waals surface area contributed by atoms with Gasteiger partial charge >= 0.3 is 0 Å². The van der Waals surface area contributed by atoms with Gasteiger partial charge in [0.2, 0.25) is 11.8 Å². The Balaban J connectivity index is 1.41. The highest BCUT2D eigenvalue weighted by Gasteiger charge is 2.41. The molecule has 2 aliphatic rings. The van der Waals surface area contributed by atoms with Crippen molar-refractivity contribution in [1.82, 2.24) is 19.7 Å². The zero-order chi connectivity index (χ0) is 19.8. The maximum Gasteiger partial charge on any atom is 0.231 e. The summed E-state index contributed by atoms with van der Waals surface area (Å²) in [5.41, 5.74) is 3.55. The highest BCUT2D eigenvalue weighted by molar-refractivity contribution is 5.45. The average Bonchev–Trinajstić information content (AvgIpc) is 3.16. The third-order valence-electron chi connectivity index (χ3n) is 6.11. The van der Waals surface area contributed by atoms with E-state index in [9.17, 15) is 0 Å². The van der Waals surface area contributed by atoms with E-state index in [4.69, 9.17) is 9.47 Å². The molecule has 0 aliphatic carbocycles. The number of aryl methyl sites for hydroxylation is 1. The number of piperidine rings is 1. The molecule has 1 aromatic carbocycles. The normalized spacial score (nSPS) is 17.9. The van der Waals surface area contributed by atoms with Crippen molar-refractivity contribution in [3.63, 3.8) is 0 Å². The lowest BCUT2D eigenvalue weighted by atomic mass is 9.79. The minimum atomic E-state index is -0.174. The van der Waals surface area contributed by atoms with Crippen LogP contribution >= 0.6 is 0 Å². The Kier molecular flexibility index (Phi) is 4.47. The quantitative estimate of drug-likeness (QED) is 0.684. The van der Waals surface area contributed by atoms with Gasteiger partial charge in [-0.05, 0) is 43.4 Å². The summed E-state index contributed by atoms with van der Waals surface area (Å²) in [5, 5.41) is 8.81. The molecule has 0 atom stereocenters. The van der Waals surface area contributed by atoms with Crippen LogP contribution in [0, 0.1) is 6.92 Å². The summed E-state index contributed by atoms with van der Waals surface area (Å²) >= 11 is 0. The number of aromatic nitrogens is 4. The molecule has 7 nitrogen and oxygen atoms in total. The second-order valence-corrected chi connectivity index (χ2v) is 7.68. The Hall–Kier alpha value is -2.93. The lowest BCUT2D eigenvalue weighted by Crippen LogP contribution is -2.47. The van der Waals surface area contributed by atoms with E-state index in [1.54, 1.807) is 13.3 Å². The van der Waals surface area contributed by atoms with Crippen molar-refractivity contribution >= 4 is 5.95 Å². The number of rotatable bonds is 3. The monoisotopic (exact) mass is 391 g/mol. The number of pyridine rings is 1. The first-order valence-corrected chi connectivity index (χ1v) is 10.1. The van der Waals surface area contributed by atoms with Crippen LogP contribution in [0.15, 0.2) is 42.6 Å². The predicted molar refractivity (Wildman–Crippen MR) is 110 cm³/mol. The van der Waals surface area contributed by atoms with Crippen molar-refractivity contribution in [3.8, 4) is 11.6 Å². The average molecular weight is 391 g/mol. The Labute approximate surface area is 170 Å². The van der Waals surface area contributed by atoms with Gasteiger partial charge in [0, 0.05) is 19.2 Å². The molecule has 1 spiro atoms. The highest BCUT2D eigenvalue weighted by Crippen LogP contribution is 2.42. The van der Waals surface area contributed by atoms with Crippen molar-refractivity contribution in [3.05, 3.63) is 59.5 Å². The number of anilines is 1. The molecule has 5 rings (SSSR count). The molecule has 0 N–H and O–H groups in total. The Bertz CT molecular complexity index is 1010. The zero-order valence-electron chi connectivity index (χ0n) is 16.8. The molecule has 0 unspecified atom stereocenters. The molecule has 2 aliphatic heterocycles. The van der Waals surface area contributed by atoms with E-state index in [0.29, 0.717) is 5.88 Å². The molecule has 2 aromatic heterocycles. The molecule has 0 amide bonds. The van der Waals surface area contributed by atoms with Crippen molar-refractivity contribution in [2.75, 3.05) is 31.7 Å². The first-order chi connectivity index (χ1) is 14.2. The zero-order valence-corrected chi connectivity index (χ0v) is 16.8. The smallest absolute Gasteiger partial charge is 0.231 e. The van der Waals surface area contributed by atoms with Crippen LogP contribution in [0.1, 0.15) is 29.8 Å². The lowest BCUT2D eigenvalue weighted by molar-refractivity contribution is -0.0767. The fraction of sp³-hybridized carbons (Fsp3) is 0.409. The van der Waals surface area contributed by atoms with Gasteiger partial charge in [-0.25, -0.2) is 4.98 Å². The van der Waals surface area contributed by atoms with Crippen molar-refractivity contribution in [1.29, 1.82) is 0 Å². The second-order valence-electron chi connectivity index (χ2n) is 7.68. The maximum absolute atomic E-state index is 6.37. The third kappa shape index (κ3) is 3.06. The molecular formula is C22H25N5O2. The standard InChI is InChI=1S/C22H25N5O2/c1-16-24-25-21(27(16)18-7-8-20(28-2)23-15-18)26-12-10-22(11-13-26)19-6-4-3-5-17(19)9-14-29-22/h3-8,15H,9-14H2,1-2H3. The van der Waals surface area contributed by atoms with Gasteiger partial charge in [0.05, 0.1) is 31.2 Å². The molecule has 4 heterocycles. The second kappa shape index (κ2) is 7.15. The van der Waals surface area contributed by atoms with Gasteiger partial charge in [0.25, 0.3) is 0 Å². The molecule has 0 bridgehead atoms. The number of ether oxygens (including phenoxy) is 2. The topological polar surface area (TPSA) is 65.3 Å². The van der Waals surface area contributed by atoms with E-state index < -0.39 is 0 Å². The van der Waals surface area contributed by atoms with Gasteiger partial charge in [0.15, 0.2) is 0 Å². The lowest BCUT2D eigenvalue weighted by Gasteiger charge is -2.45. The first kappa shape index (κ1) is 18.1. The van der Waals surface area contributed by atoms with E-state index in [1.165, 1.54) is 11.1 Å². The molecule has 0 radical (unpaired) electrons. The number of nitrogens with zero attached hydrogens (tertiary/aromatic N) is 5. The fourth-order valence-electron chi connectivity index (χ4n) is 4.58. The van der Waals surface area contributed by atoms with Crippen molar-refractivity contribution in [2.45, 2.75) is 31.8 Å². The van der Waals surface area contributed by atoms with Crippen LogP contribution in [0.2, 0.25) is 0 Å². The van der Waals surface area contributed by atoms with Gasteiger partial charge in [-0.2, -0.15) is 0 Å². The first-order valence-electron chi connectivity index (χ1n) is 10.1. The summed E-state index contributed by atoms with van der Waals surface area (Å²) in [6.07, 6.45) is 4.68. The summed E-state index contributed by atoms with van der Waals surface area (Å²) in [4.78, 5) is 6.64. The van der Waals surface area contributed by atoms with Crippen molar-refractivity contribution in [2.24, 2.45) is 0 Å². The molecule has 7 heteroatoms. The molecule has 1 saturated heterocycles. The van der Waals surface area contributed by atoms with Gasteiger partial charge in [-0.3, -0.25) is 4.57 Å². The van der Waals surface area contributed by atoms with E-state index in [1.807, 2.05) is 19.1 Å². The van der Waals surface area contributed by atoms with Crippen LogP contribution in [0.25, 0.3) is 5.69 Å². The van der Waals surface area contributed by atoms with Crippen molar-refractivity contribution < 1.29 is 9.47 Å². The molecule has 150 valence electrons. The number of benzene rings is 1. The minimum Gasteiger partial charge on any atom is -0.481 e. The number of hydrogen-bond acceptors (Lipinski definition) is 6. The number of methoxy groups -OCH3 is 1. The summed E-state index contributed by atoms with van der Waals surface area (Å²) in [5.74, 6) is 2.29. The fourth-order valence-corrected chi connectivity index (χ4v) is 4.58. The Morgan fingerprint density at radius 2 is 1.90 bits per heavy atom.